The molecule has 0 saturated carbocycles. The number of esters is 1. The number of hydrogen-bond acceptors (Lipinski definition) is 13. The third-order valence-corrected chi connectivity index (χ3v) is 7.98. The molecule has 0 bridgehead atoms. The van der Waals surface area contributed by atoms with Crippen molar-refractivity contribution < 1.29 is 38.1 Å². The van der Waals surface area contributed by atoms with Gasteiger partial charge in [0.05, 0.1) is 11.8 Å². The van der Waals surface area contributed by atoms with E-state index in [0.29, 0.717) is 0 Å². The average molecular weight is 600 g/mol. The van der Waals surface area contributed by atoms with Crippen molar-refractivity contribution in [2.24, 2.45) is 0 Å². The lowest BCUT2D eigenvalue weighted by Gasteiger charge is -2.30. The van der Waals surface area contributed by atoms with Crippen molar-refractivity contribution in [2.45, 2.75) is 56.3 Å². The van der Waals surface area contributed by atoms with E-state index < -0.39 is 55.9 Å². The van der Waals surface area contributed by atoms with Crippen molar-refractivity contribution >= 4 is 31.0 Å². The molecule has 2 aromatic heterocycles. The molecule has 0 spiro atoms. The van der Waals surface area contributed by atoms with E-state index in [4.69, 9.17) is 36.4 Å². The molecule has 1 unspecified atom stereocenters. The second kappa shape index (κ2) is 11.6. The Morgan fingerprint density at radius 1 is 1.24 bits per heavy atom. The standard InChI is InChI=1S/C26H30N7O8P/c1-5-25(14-38-42(37,40-17-9-7-6-8-10-17)32-16(4)23(36)39-15(2)3)20(34)21(35)26(13-27,41-25)19-12-11-18-22(28)30-24(29)31-33(18)19/h1,6-12,15-16,20-21,34-35H,14H2,2-4H3,(H,32,37)(H4,28,29,30,31)/t16-,20+,21?,25+,26-,42-/m0/s1. The van der Waals surface area contributed by atoms with E-state index in [1.54, 1.807) is 32.0 Å². The first-order chi connectivity index (χ1) is 19.8. The molecule has 16 heteroatoms. The highest BCUT2D eigenvalue weighted by Gasteiger charge is 2.65. The average Bonchev–Trinajstić information content (AvgIpc) is 3.46. The van der Waals surface area contributed by atoms with Crippen LogP contribution >= 0.6 is 7.75 Å². The number of nitrogen functional groups attached to an aromatic ring is 2. The van der Waals surface area contributed by atoms with Gasteiger partial charge in [0.2, 0.25) is 11.5 Å². The fourth-order valence-corrected chi connectivity index (χ4v) is 5.86. The minimum absolute atomic E-state index is 0.0170. The van der Waals surface area contributed by atoms with Crippen LogP contribution in [-0.4, -0.2) is 67.3 Å². The minimum Gasteiger partial charge on any atom is -0.462 e. The van der Waals surface area contributed by atoms with Crippen LogP contribution in [0.4, 0.5) is 11.8 Å². The van der Waals surface area contributed by atoms with Crippen molar-refractivity contribution in [1.82, 2.24) is 19.7 Å². The summed E-state index contributed by atoms with van der Waals surface area (Å²) < 4.78 is 37.4. The van der Waals surface area contributed by atoms with E-state index in [1.807, 2.05) is 6.07 Å². The van der Waals surface area contributed by atoms with Crippen molar-refractivity contribution in [3.63, 3.8) is 0 Å². The van der Waals surface area contributed by atoms with Crippen LogP contribution in [0.15, 0.2) is 42.5 Å². The number of para-hydroxylation sites is 1. The fraction of sp³-hybridized carbons (Fsp3) is 0.385. The maximum atomic E-state index is 14.0. The number of nitriles is 1. The van der Waals surface area contributed by atoms with Crippen LogP contribution in [0, 0.1) is 23.7 Å². The van der Waals surface area contributed by atoms with Gasteiger partial charge in [-0.25, -0.2) is 9.08 Å². The smallest absolute Gasteiger partial charge is 0.459 e. The van der Waals surface area contributed by atoms with E-state index >= 15 is 0 Å². The van der Waals surface area contributed by atoms with E-state index in [0.717, 1.165) is 4.52 Å². The Morgan fingerprint density at radius 3 is 2.55 bits per heavy atom. The van der Waals surface area contributed by atoms with Crippen LogP contribution in [0.25, 0.3) is 5.52 Å². The number of nitrogens with zero attached hydrogens (tertiary/aromatic N) is 4. The molecule has 0 amide bonds. The van der Waals surface area contributed by atoms with Gasteiger partial charge in [-0.1, -0.05) is 24.1 Å². The molecule has 7 N–H and O–H groups in total. The van der Waals surface area contributed by atoms with Gasteiger partial charge in [-0.2, -0.15) is 15.3 Å². The van der Waals surface area contributed by atoms with Crippen molar-refractivity contribution in [3.05, 3.63) is 48.2 Å². The number of carbonyl (C=O) groups excluding carboxylic acids is 1. The number of aliphatic hydroxyl groups excluding tert-OH is 2. The first kappa shape index (κ1) is 30.7. The van der Waals surface area contributed by atoms with E-state index in [9.17, 15) is 24.8 Å². The minimum atomic E-state index is -4.47. The number of aromatic nitrogens is 3. The number of aliphatic hydroxyl groups is 2. The quantitative estimate of drug-likeness (QED) is 0.124. The summed E-state index contributed by atoms with van der Waals surface area (Å²) in [7, 11) is -4.47. The van der Waals surface area contributed by atoms with Crippen molar-refractivity contribution in [3.8, 4) is 24.2 Å². The number of hydrogen-bond donors (Lipinski definition) is 5. The summed E-state index contributed by atoms with van der Waals surface area (Å²) in [6, 6.07) is 11.4. The first-order valence-corrected chi connectivity index (χ1v) is 14.2. The highest BCUT2D eigenvalue weighted by Crippen LogP contribution is 2.50. The summed E-state index contributed by atoms with van der Waals surface area (Å²) in [6.45, 7) is 3.81. The van der Waals surface area contributed by atoms with Gasteiger partial charge in [0.25, 0.3) is 0 Å². The number of rotatable bonds is 10. The number of ether oxygens (including phenoxy) is 2. The Hall–Kier alpha value is -4.21. The Bertz CT molecular complexity index is 1600. The maximum absolute atomic E-state index is 14.0. The predicted molar refractivity (Wildman–Crippen MR) is 148 cm³/mol. The maximum Gasteiger partial charge on any atom is 0.459 e. The summed E-state index contributed by atoms with van der Waals surface area (Å²) in [4.78, 5) is 16.3. The SMILES string of the molecule is C#C[C@]1(CO[P@@](=O)(N[C@@H](C)C(=O)OC(C)C)Oc2ccccc2)O[C@@](C#N)(c2ccc3c(N)nc(N)nn23)C(O)[C@H]1O. The number of nitrogens with two attached hydrogens (primary N) is 2. The fourth-order valence-electron chi connectivity index (χ4n) is 4.34. The van der Waals surface area contributed by atoms with Gasteiger partial charge >= 0.3 is 13.7 Å². The molecule has 1 aromatic carbocycles. The molecule has 1 aliphatic rings. The lowest BCUT2D eigenvalue weighted by atomic mass is 9.89. The van der Waals surface area contributed by atoms with Gasteiger partial charge < -0.3 is 35.7 Å². The van der Waals surface area contributed by atoms with Crippen LogP contribution in [0.5, 0.6) is 5.75 Å². The molecule has 0 aliphatic carbocycles. The molecule has 1 saturated heterocycles. The number of nitrogens with one attached hydrogen (secondary N) is 1. The molecule has 222 valence electrons. The second-order valence-electron chi connectivity index (χ2n) is 9.76. The van der Waals surface area contributed by atoms with E-state index in [2.05, 4.69) is 21.1 Å². The molecule has 0 radical (unpaired) electrons. The zero-order valence-electron chi connectivity index (χ0n) is 22.9. The van der Waals surface area contributed by atoms with E-state index in [1.165, 1.54) is 31.2 Å². The third-order valence-electron chi connectivity index (χ3n) is 6.36. The second-order valence-corrected chi connectivity index (χ2v) is 11.4. The summed E-state index contributed by atoms with van der Waals surface area (Å²) in [5.74, 6) is 1.34. The Morgan fingerprint density at radius 2 is 1.93 bits per heavy atom. The summed E-state index contributed by atoms with van der Waals surface area (Å²) in [5, 5.41) is 39.1. The van der Waals surface area contributed by atoms with Crippen LogP contribution in [0.3, 0.4) is 0 Å². The zero-order chi connectivity index (χ0) is 30.9. The van der Waals surface area contributed by atoms with Gasteiger partial charge in [0.1, 0.15) is 42.2 Å². The monoisotopic (exact) mass is 599 g/mol. The third kappa shape index (κ3) is 5.62. The number of terminal acetylenes is 1. The molecule has 4 rings (SSSR count). The highest BCUT2D eigenvalue weighted by molar-refractivity contribution is 7.52. The number of fused-ring (bicyclic) bond motifs is 1. The summed E-state index contributed by atoms with van der Waals surface area (Å²) in [5.41, 5.74) is 7.24. The van der Waals surface area contributed by atoms with Crippen molar-refractivity contribution in [1.29, 1.82) is 5.26 Å². The molecule has 6 atom stereocenters. The molecule has 42 heavy (non-hydrogen) atoms. The van der Waals surface area contributed by atoms with Gasteiger partial charge in [-0.15, -0.1) is 11.5 Å². The number of benzene rings is 1. The predicted octanol–water partition coefficient (Wildman–Crippen LogP) is 0.870. The van der Waals surface area contributed by atoms with Gasteiger partial charge in [-0.05, 0) is 45.0 Å². The lowest BCUT2D eigenvalue weighted by molar-refractivity contribution is -0.149. The first-order valence-electron chi connectivity index (χ1n) is 12.6. The molecular formula is C26H30N7O8P. The number of carbonyl (C=O) groups is 1. The highest BCUT2D eigenvalue weighted by atomic mass is 31.2. The Labute approximate surface area is 240 Å². The molecule has 15 nitrogen and oxygen atoms in total. The number of anilines is 2. The topological polar surface area (TPSA) is 230 Å². The molecule has 1 aliphatic heterocycles. The molecule has 1 fully saturated rings. The largest absolute Gasteiger partial charge is 0.462 e. The van der Waals surface area contributed by atoms with Gasteiger partial charge in [-0.3, -0.25) is 9.32 Å². The summed E-state index contributed by atoms with van der Waals surface area (Å²) >= 11 is 0. The molecular weight excluding hydrogens is 569 g/mol. The van der Waals surface area contributed by atoms with Crippen LogP contribution in [0.1, 0.15) is 26.5 Å². The summed E-state index contributed by atoms with van der Waals surface area (Å²) in [6.07, 6.45) is 1.41. The van der Waals surface area contributed by atoms with Crippen LogP contribution in [-0.2, 0) is 29.0 Å². The molecule has 3 aromatic rings. The van der Waals surface area contributed by atoms with Crippen LogP contribution in [0.2, 0.25) is 0 Å². The van der Waals surface area contributed by atoms with Crippen LogP contribution < -0.4 is 21.1 Å². The van der Waals surface area contributed by atoms with Crippen molar-refractivity contribution in [2.75, 3.05) is 18.1 Å². The Balaban J connectivity index is 1.68. The Kier molecular flexibility index (Phi) is 8.48. The van der Waals surface area contributed by atoms with E-state index in [-0.39, 0.29) is 28.7 Å². The van der Waals surface area contributed by atoms with Gasteiger partial charge in [0.15, 0.2) is 11.4 Å². The normalized spacial score (nSPS) is 25.8. The lowest BCUT2D eigenvalue weighted by Crippen LogP contribution is -2.46. The molecule has 3 heterocycles. The zero-order valence-corrected chi connectivity index (χ0v) is 23.8. The van der Waals surface area contributed by atoms with Gasteiger partial charge in [0, 0.05) is 0 Å².